The van der Waals surface area contributed by atoms with E-state index in [0.29, 0.717) is 6.42 Å². The number of rotatable bonds is 4. The Hall–Kier alpha value is -0.930. The lowest BCUT2D eigenvalue weighted by molar-refractivity contribution is 0.0557. The summed E-state index contributed by atoms with van der Waals surface area (Å²) in [7, 11) is 1.61. The van der Waals surface area contributed by atoms with Crippen molar-refractivity contribution in [2.24, 2.45) is 0 Å². The van der Waals surface area contributed by atoms with Crippen molar-refractivity contribution < 1.29 is 14.2 Å². The predicted octanol–water partition coefficient (Wildman–Crippen LogP) is 2.59. The monoisotopic (exact) mass is 212 g/mol. The summed E-state index contributed by atoms with van der Waals surface area (Å²) >= 11 is 0. The first kappa shape index (κ1) is 12.1. The Bertz CT molecular complexity index is 325. The van der Waals surface area contributed by atoms with Crippen LogP contribution in [0.3, 0.4) is 0 Å². The van der Waals surface area contributed by atoms with E-state index in [0.717, 1.165) is 11.1 Å². The molecule has 2 unspecified atom stereocenters. The van der Waals surface area contributed by atoms with Crippen molar-refractivity contribution in [3.63, 3.8) is 0 Å². The number of halogens is 1. The highest BCUT2D eigenvalue weighted by molar-refractivity contribution is 5.28. The van der Waals surface area contributed by atoms with Gasteiger partial charge in [0.1, 0.15) is 5.82 Å². The molecule has 0 aromatic heterocycles. The van der Waals surface area contributed by atoms with Crippen molar-refractivity contribution >= 4 is 0 Å². The molecule has 3 heteroatoms. The number of aliphatic hydroxyl groups excluding tert-OH is 1. The number of hydrogen-bond donors (Lipinski definition) is 1. The van der Waals surface area contributed by atoms with E-state index >= 15 is 0 Å². The van der Waals surface area contributed by atoms with Crippen molar-refractivity contribution in [1.29, 1.82) is 0 Å². The molecule has 0 bridgehead atoms. The molecule has 0 aliphatic rings. The van der Waals surface area contributed by atoms with Gasteiger partial charge in [-0.25, -0.2) is 4.39 Å². The van der Waals surface area contributed by atoms with Gasteiger partial charge in [-0.3, -0.25) is 0 Å². The molecule has 1 rings (SSSR count). The van der Waals surface area contributed by atoms with Crippen molar-refractivity contribution in [2.75, 3.05) is 7.11 Å². The van der Waals surface area contributed by atoms with Gasteiger partial charge >= 0.3 is 0 Å². The number of benzene rings is 1. The average molecular weight is 212 g/mol. The molecule has 0 aliphatic heterocycles. The van der Waals surface area contributed by atoms with Gasteiger partial charge in [0.2, 0.25) is 0 Å². The summed E-state index contributed by atoms with van der Waals surface area (Å²) in [6, 6.07) is 4.41. The lowest BCUT2D eigenvalue weighted by Crippen LogP contribution is -2.11. The molecule has 1 N–H and O–H groups in total. The van der Waals surface area contributed by atoms with Crippen molar-refractivity contribution in [2.45, 2.75) is 32.5 Å². The van der Waals surface area contributed by atoms with Crippen LogP contribution >= 0.6 is 0 Å². The van der Waals surface area contributed by atoms with Gasteiger partial charge in [-0.2, -0.15) is 0 Å². The van der Waals surface area contributed by atoms with Gasteiger partial charge in [0.05, 0.1) is 12.2 Å². The molecular weight excluding hydrogens is 195 g/mol. The first-order valence-corrected chi connectivity index (χ1v) is 5.01. The predicted molar refractivity (Wildman–Crippen MR) is 57.2 cm³/mol. The molecule has 1 aromatic rings. The second kappa shape index (κ2) is 5.24. The normalized spacial score (nSPS) is 15.0. The van der Waals surface area contributed by atoms with Crippen molar-refractivity contribution in [1.82, 2.24) is 0 Å². The second-order valence-electron chi connectivity index (χ2n) is 3.80. The average Bonchev–Trinajstić information content (AvgIpc) is 2.17. The van der Waals surface area contributed by atoms with E-state index in [1.165, 1.54) is 12.1 Å². The highest BCUT2D eigenvalue weighted by atomic mass is 19.1. The summed E-state index contributed by atoms with van der Waals surface area (Å²) in [5.41, 5.74) is 1.53. The molecule has 0 radical (unpaired) electrons. The van der Waals surface area contributed by atoms with E-state index in [9.17, 15) is 9.50 Å². The Morgan fingerprint density at radius 1 is 1.47 bits per heavy atom. The van der Waals surface area contributed by atoms with Crippen molar-refractivity contribution in [3.05, 3.63) is 35.1 Å². The number of hydrogen-bond acceptors (Lipinski definition) is 2. The maximum atomic E-state index is 12.8. The van der Waals surface area contributed by atoms with Crippen LogP contribution in [0.25, 0.3) is 0 Å². The molecule has 0 spiro atoms. The molecule has 84 valence electrons. The molecule has 0 amide bonds. The molecule has 0 fully saturated rings. The van der Waals surface area contributed by atoms with E-state index in [-0.39, 0.29) is 11.9 Å². The lowest BCUT2D eigenvalue weighted by Gasteiger charge is -2.17. The van der Waals surface area contributed by atoms with Gasteiger partial charge in [0, 0.05) is 13.5 Å². The number of aryl methyl sites for hydroxylation is 1. The first-order chi connectivity index (χ1) is 7.04. The van der Waals surface area contributed by atoms with Gasteiger partial charge < -0.3 is 9.84 Å². The van der Waals surface area contributed by atoms with Crippen LogP contribution in [-0.4, -0.2) is 18.3 Å². The zero-order valence-corrected chi connectivity index (χ0v) is 9.33. The van der Waals surface area contributed by atoms with E-state index in [1.807, 2.05) is 6.92 Å². The van der Waals surface area contributed by atoms with Crippen molar-refractivity contribution in [3.8, 4) is 0 Å². The van der Waals surface area contributed by atoms with Gasteiger partial charge in [-0.05, 0) is 37.1 Å². The number of ether oxygens (including phenoxy) is 1. The summed E-state index contributed by atoms with van der Waals surface area (Å²) in [5, 5.41) is 9.89. The standard InChI is InChI=1S/C12H17FO2/c1-8-6-10(13)4-5-11(8)12(14)7-9(2)15-3/h4-6,9,12,14H,7H2,1-3H3. The summed E-state index contributed by atoms with van der Waals surface area (Å²) in [6.07, 6.45) is -0.0896. The Morgan fingerprint density at radius 2 is 2.13 bits per heavy atom. The first-order valence-electron chi connectivity index (χ1n) is 5.01. The van der Waals surface area contributed by atoms with Crippen LogP contribution in [0, 0.1) is 12.7 Å². The molecule has 1 aromatic carbocycles. The van der Waals surface area contributed by atoms with Crippen LogP contribution in [0.2, 0.25) is 0 Å². The molecule has 0 saturated heterocycles. The van der Waals surface area contributed by atoms with Gasteiger partial charge in [0.15, 0.2) is 0 Å². The van der Waals surface area contributed by atoms with E-state index < -0.39 is 6.10 Å². The topological polar surface area (TPSA) is 29.5 Å². The summed E-state index contributed by atoms with van der Waals surface area (Å²) < 4.78 is 17.9. The zero-order chi connectivity index (χ0) is 11.4. The van der Waals surface area contributed by atoms with Crippen LogP contribution in [0.1, 0.15) is 30.6 Å². The highest BCUT2D eigenvalue weighted by Crippen LogP contribution is 2.23. The van der Waals surface area contributed by atoms with E-state index in [2.05, 4.69) is 0 Å². The van der Waals surface area contributed by atoms with Crippen LogP contribution in [-0.2, 0) is 4.74 Å². The molecular formula is C12H17FO2. The fourth-order valence-electron chi connectivity index (χ4n) is 1.55. The third-order valence-corrected chi connectivity index (χ3v) is 2.55. The second-order valence-corrected chi connectivity index (χ2v) is 3.80. The maximum Gasteiger partial charge on any atom is 0.123 e. The number of aliphatic hydroxyl groups is 1. The minimum absolute atomic E-state index is 0.00977. The Labute approximate surface area is 89.7 Å². The zero-order valence-electron chi connectivity index (χ0n) is 9.33. The summed E-state index contributed by atoms with van der Waals surface area (Å²) in [4.78, 5) is 0. The van der Waals surface area contributed by atoms with Crippen LogP contribution in [0.5, 0.6) is 0 Å². The Kier molecular flexibility index (Phi) is 4.24. The highest BCUT2D eigenvalue weighted by Gasteiger charge is 2.14. The maximum absolute atomic E-state index is 12.8. The summed E-state index contributed by atoms with van der Waals surface area (Å²) in [5.74, 6) is -0.275. The number of methoxy groups -OCH3 is 1. The van der Waals surface area contributed by atoms with E-state index in [1.54, 1.807) is 20.1 Å². The molecule has 2 nitrogen and oxygen atoms in total. The third kappa shape index (κ3) is 3.29. The molecule has 0 aliphatic carbocycles. The molecule has 0 saturated carbocycles. The van der Waals surface area contributed by atoms with Gasteiger partial charge in [-0.1, -0.05) is 6.07 Å². The molecule has 2 atom stereocenters. The van der Waals surface area contributed by atoms with Crippen LogP contribution in [0.4, 0.5) is 4.39 Å². The van der Waals surface area contributed by atoms with E-state index in [4.69, 9.17) is 4.74 Å². The fourth-order valence-corrected chi connectivity index (χ4v) is 1.55. The van der Waals surface area contributed by atoms with Gasteiger partial charge in [-0.15, -0.1) is 0 Å². The van der Waals surface area contributed by atoms with Gasteiger partial charge in [0.25, 0.3) is 0 Å². The third-order valence-electron chi connectivity index (χ3n) is 2.55. The minimum atomic E-state index is -0.597. The van der Waals surface area contributed by atoms with Crippen LogP contribution < -0.4 is 0 Å². The fraction of sp³-hybridized carbons (Fsp3) is 0.500. The Balaban J connectivity index is 2.77. The molecule has 0 heterocycles. The Morgan fingerprint density at radius 3 is 2.67 bits per heavy atom. The minimum Gasteiger partial charge on any atom is -0.388 e. The largest absolute Gasteiger partial charge is 0.388 e. The summed E-state index contributed by atoms with van der Waals surface area (Å²) in [6.45, 7) is 3.68. The quantitative estimate of drug-likeness (QED) is 0.831. The smallest absolute Gasteiger partial charge is 0.123 e. The molecule has 15 heavy (non-hydrogen) atoms. The lowest BCUT2D eigenvalue weighted by atomic mass is 9.99. The van der Waals surface area contributed by atoms with Crippen LogP contribution in [0.15, 0.2) is 18.2 Å². The SMILES string of the molecule is COC(C)CC(O)c1ccc(F)cc1C.